The first-order chi connectivity index (χ1) is 16.5. The van der Waals surface area contributed by atoms with Gasteiger partial charge in [0.2, 0.25) is 0 Å². The fraction of sp³-hybridized carbons (Fsp3) is 0.583. The summed E-state index contributed by atoms with van der Waals surface area (Å²) < 4.78 is 14.8. The molecule has 1 saturated carbocycles. The Morgan fingerprint density at radius 1 is 1.21 bits per heavy atom. The topological polar surface area (TPSA) is 80.8 Å². The molecule has 3 fully saturated rings. The maximum Gasteiger partial charge on any atom is 0.103 e. The number of fused-ring (bicyclic) bond motifs is 1. The fourth-order valence-corrected chi connectivity index (χ4v) is 5.76. The summed E-state index contributed by atoms with van der Waals surface area (Å²) in [4.78, 5) is 4.67. The van der Waals surface area contributed by atoms with Crippen LogP contribution in [0.2, 0.25) is 5.02 Å². The van der Waals surface area contributed by atoms with Gasteiger partial charge in [-0.2, -0.15) is 10.2 Å². The third-order valence-electron chi connectivity index (χ3n) is 7.81. The Hall–Kier alpha value is -2.17. The van der Waals surface area contributed by atoms with E-state index in [0.29, 0.717) is 25.2 Å². The molecular weight excluding hydrogens is 456 g/mol. The normalized spacial score (nSPS) is 29.9. The second-order valence-corrected chi connectivity index (χ2v) is 10.4. The van der Waals surface area contributed by atoms with Gasteiger partial charge in [0.15, 0.2) is 0 Å². The van der Waals surface area contributed by atoms with E-state index >= 15 is 0 Å². The average molecular weight is 487 g/mol. The van der Waals surface area contributed by atoms with Crippen molar-refractivity contribution >= 4 is 28.2 Å². The van der Waals surface area contributed by atoms with Crippen molar-refractivity contribution in [2.45, 2.75) is 31.0 Å². The number of hydrogen-bond acceptors (Lipinski definition) is 7. The Labute approximate surface area is 203 Å². The first-order valence-electron chi connectivity index (χ1n) is 11.9. The van der Waals surface area contributed by atoms with E-state index in [4.69, 9.17) is 21.1 Å². The van der Waals surface area contributed by atoms with Crippen molar-refractivity contribution < 1.29 is 14.6 Å². The predicted molar refractivity (Wildman–Crippen MR) is 130 cm³/mol. The zero-order valence-corrected chi connectivity index (χ0v) is 20.4. The van der Waals surface area contributed by atoms with Crippen molar-refractivity contribution in [1.29, 1.82) is 0 Å². The van der Waals surface area contributed by atoms with Crippen LogP contribution >= 0.6 is 11.6 Å². The number of anilines is 1. The van der Waals surface area contributed by atoms with Crippen molar-refractivity contribution in [1.82, 2.24) is 24.5 Å². The van der Waals surface area contributed by atoms with E-state index in [1.807, 2.05) is 27.8 Å². The average Bonchev–Trinajstić information content (AvgIpc) is 3.14. The third kappa shape index (κ3) is 3.70. The van der Waals surface area contributed by atoms with Crippen LogP contribution in [-0.2, 0) is 9.47 Å². The van der Waals surface area contributed by atoms with Crippen molar-refractivity contribution in [2.75, 3.05) is 58.0 Å². The smallest absolute Gasteiger partial charge is 0.103 e. The van der Waals surface area contributed by atoms with Crippen molar-refractivity contribution in [2.24, 2.45) is 5.92 Å². The molecule has 2 saturated heterocycles. The highest BCUT2D eigenvalue weighted by Crippen LogP contribution is 2.43. The zero-order valence-electron chi connectivity index (χ0n) is 19.6. The number of benzene rings is 1. The number of ether oxygens (including phenoxy) is 2. The summed E-state index contributed by atoms with van der Waals surface area (Å²) in [6, 6.07) is 4.54. The van der Waals surface area contributed by atoms with E-state index in [9.17, 15) is 5.11 Å². The van der Waals surface area contributed by atoms with Gasteiger partial charge in [0.1, 0.15) is 5.69 Å². The molecule has 0 spiro atoms. The maximum absolute atomic E-state index is 10.4. The summed E-state index contributed by atoms with van der Waals surface area (Å²) >= 11 is 6.72. The van der Waals surface area contributed by atoms with Gasteiger partial charge in [-0.3, -0.25) is 9.58 Å². The van der Waals surface area contributed by atoms with Crippen LogP contribution in [-0.4, -0.2) is 94.3 Å². The standard InChI is InChI=1S/C24H31ClN6O3/c1-24(15-34-14-23(24)32)29-5-3-28(4-6-29)22-9-21-16(7-19(22)25)10-27-31(21)18-11-26-30(12-18)20-8-17(20)13-33-2/h7,9-12,17,20,23,32H,3-6,8,13-15H2,1-2H3/t17-,20+,23?,24?/m1/s1. The number of aliphatic hydroxyl groups is 1. The van der Waals surface area contributed by atoms with Gasteiger partial charge in [0, 0.05) is 44.6 Å². The number of aliphatic hydroxyl groups excluding tert-OH is 1. The van der Waals surface area contributed by atoms with Crippen molar-refractivity contribution in [3.63, 3.8) is 0 Å². The molecule has 10 heteroatoms. The van der Waals surface area contributed by atoms with Crippen LogP contribution in [0.15, 0.2) is 30.7 Å². The minimum atomic E-state index is -0.449. The van der Waals surface area contributed by atoms with Crippen LogP contribution in [0.5, 0.6) is 0 Å². The number of aromatic nitrogens is 4. The molecule has 2 unspecified atom stereocenters. The SMILES string of the molecule is COC[C@H]1C[C@@H]1n1cc(-n2ncc3cc(Cl)c(N4CCN(C5(C)COCC5O)CC4)cc32)cn1. The fourth-order valence-electron chi connectivity index (χ4n) is 5.46. The van der Waals surface area contributed by atoms with Gasteiger partial charge in [0.05, 0.1) is 72.3 Å². The highest BCUT2D eigenvalue weighted by atomic mass is 35.5. The molecule has 1 aromatic carbocycles. The van der Waals surface area contributed by atoms with Crippen LogP contribution in [0.25, 0.3) is 16.6 Å². The van der Waals surface area contributed by atoms with Gasteiger partial charge < -0.3 is 19.5 Å². The molecule has 34 heavy (non-hydrogen) atoms. The predicted octanol–water partition coefficient (Wildman–Crippen LogP) is 2.35. The lowest BCUT2D eigenvalue weighted by atomic mass is 9.95. The summed E-state index contributed by atoms with van der Waals surface area (Å²) in [5, 5.41) is 21.4. The van der Waals surface area contributed by atoms with Crippen LogP contribution in [0, 0.1) is 5.92 Å². The van der Waals surface area contributed by atoms with E-state index in [1.165, 1.54) is 0 Å². The van der Waals surface area contributed by atoms with E-state index in [1.54, 1.807) is 7.11 Å². The van der Waals surface area contributed by atoms with Crippen LogP contribution in [0.3, 0.4) is 0 Å². The summed E-state index contributed by atoms with van der Waals surface area (Å²) in [5.41, 5.74) is 2.65. The largest absolute Gasteiger partial charge is 0.389 e. The lowest BCUT2D eigenvalue weighted by Crippen LogP contribution is -2.60. The molecule has 0 amide bonds. The highest BCUT2D eigenvalue weighted by molar-refractivity contribution is 6.34. The lowest BCUT2D eigenvalue weighted by molar-refractivity contribution is 0.00884. The lowest BCUT2D eigenvalue weighted by Gasteiger charge is -2.45. The van der Waals surface area contributed by atoms with Gasteiger partial charge in [-0.15, -0.1) is 0 Å². The van der Waals surface area contributed by atoms with Gasteiger partial charge in [-0.25, -0.2) is 4.68 Å². The third-order valence-corrected chi connectivity index (χ3v) is 8.11. The van der Waals surface area contributed by atoms with E-state index < -0.39 is 6.10 Å². The number of nitrogens with zero attached hydrogens (tertiary/aromatic N) is 6. The summed E-state index contributed by atoms with van der Waals surface area (Å²) in [5.74, 6) is 0.537. The van der Waals surface area contributed by atoms with Crippen LogP contribution in [0.4, 0.5) is 5.69 Å². The monoisotopic (exact) mass is 486 g/mol. The number of halogens is 1. The molecule has 182 valence electrons. The molecule has 1 N–H and O–H groups in total. The molecule has 0 bridgehead atoms. The molecular formula is C24H31ClN6O3. The Morgan fingerprint density at radius 3 is 2.76 bits per heavy atom. The Kier molecular flexibility index (Phi) is 5.57. The molecule has 3 aliphatic rings. The summed E-state index contributed by atoms with van der Waals surface area (Å²) in [6.45, 7) is 7.21. The Balaban J connectivity index is 1.23. The van der Waals surface area contributed by atoms with Gasteiger partial charge in [-0.05, 0) is 25.5 Å². The van der Waals surface area contributed by atoms with Crippen molar-refractivity contribution in [3.8, 4) is 5.69 Å². The number of piperazine rings is 1. The maximum atomic E-state index is 10.4. The van der Waals surface area contributed by atoms with E-state index in [0.717, 1.165) is 66.5 Å². The summed E-state index contributed by atoms with van der Waals surface area (Å²) in [6.07, 6.45) is 6.44. The molecule has 3 aromatic rings. The Bertz CT molecular complexity index is 1190. The molecule has 9 nitrogen and oxygen atoms in total. The molecule has 2 aromatic heterocycles. The molecule has 2 aliphatic heterocycles. The molecule has 1 aliphatic carbocycles. The number of methoxy groups -OCH3 is 1. The second kappa shape index (κ2) is 8.49. The van der Waals surface area contributed by atoms with Crippen molar-refractivity contribution in [3.05, 3.63) is 35.7 Å². The quantitative estimate of drug-likeness (QED) is 0.572. The molecule has 0 radical (unpaired) electrons. The number of rotatable bonds is 6. The minimum absolute atomic E-state index is 0.317. The Morgan fingerprint density at radius 2 is 2.03 bits per heavy atom. The van der Waals surface area contributed by atoms with Crippen LogP contribution in [0.1, 0.15) is 19.4 Å². The zero-order chi connectivity index (χ0) is 23.4. The molecule has 4 atom stereocenters. The highest BCUT2D eigenvalue weighted by Gasteiger charge is 2.44. The first-order valence-corrected chi connectivity index (χ1v) is 12.3. The van der Waals surface area contributed by atoms with Crippen LogP contribution < -0.4 is 4.90 Å². The van der Waals surface area contributed by atoms with Gasteiger partial charge >= 0.3 is 0 Å². The minimum Gasteiger partial charge on any atom is -0.389 e. The second-order valence-electron chi connectivity index (χ2n) is 9.98. The molecule has 4 heterocycles. The summed E-state index contributed by atoms with van der Waals surface area (Å²) in [7, 11) is 1.75. The van der Waals surface area contributed by atoms with E-state index in [-0.39, 0.29) is 5.54 Å². The van der Waals surface area contributed by atoms with Gasteiger partial charge in [0.25, 0.3) is 0 Å². The van der Waals surface area contributed by atoms with Gasteiger partial charge in [-0.1, -0.05) is 11.6 Å². The first kappa shape index (κ1) is 22.3. The van der Waals surface area contributed by atoms with E-state index in [2.05, 4.69) is 39.2 Å². The number of hydrogen-bond donors (Lipinski definition) is 1. The molecule has 6 rings (SSSR count).